The zero-order valence-corrected chi connectivity index (χ0v) is 16.4. The number of carbonyl (C=O) groups excluding carboxylic acids is 2. The number of thioether (sulfide) groups is 1. The van der Waals surface area contributed by atoms with Crippen LogP contribution in [0.25, 0.3) is 5.69 Å². The number of amides is 2. The Bertz CT molecular complexity index is 1050. The largest absolute Gasteiger partial charge is 0.324 e. The molecule has 1 aliphatic rings. The molecule has 0 radical (unpaired) electrons. The smallest absolute Gasteiger partial charge is 0.234 e. The zero-order valence-electron chi connectivity index (χ0n) is 15.5. The van der Waals surface area contributed by atoms with Crippen molar-refractivity contribution in [1.82, 2.24) is 9.55 Å². The van der Waals surface area contributed by atoms with Gasteiger partial charge >= 0.3 is 0 Å². The summed E-state index contributed by atoms with van der Waals surface area (Å²) < 4.78 is 15.2. The Morgan fingerprint density at radius 2 is 2.07 bits per heavy atom. The number of halogens is 1. The van der Waals surface area contributed by atoms with Crippen LogP contribution in [0, 0.1) is 5.82 Å². The average molecular weight is 410 g/mol. The Morgan fingerprint density at radius 3 is 2.86 bits per heavy atom. The van der Waals surface area contributed by atoms with Crippen LogP contribution in [0.3, 0.4) is 0 Å². The van der Waals surface area contributed by atoms with E-state index in [0.29, 0.717) is 29.5 Å². The summed E-state index contributed by atoms with van der Waals surface area (Å²) >= 11 is 1.26. The molecule has 0 saturated carbocycles. The molecule has 29 heavy (non-hydrogen) atoms. The van der Waals surface area contributed by atoms with Gasteiger partial charge in [0.2, 0.25) is 11.8 Å². The van der Waals surface area contributed by atoms with Gasteiger partial charge in [-0.2, -0.15) is 0 Å². The SMILES string of the molecule is O=C(CSc1nccn1-c1cccc(F)c1)Nc1ccccc1N1CCCC1=O. The van der Waals surface area contributed by atoms with Crippen LogP contribution >= 0.6 is 11.8 Å². The highest BCUT2D eigenvalue weighted by Crippen LogP contribution is 2.29. The lowest BCUT2D eigenvalue weighted by atomic mass is 10.2. The van der Waals surface area contributed by atoms with E-state index in [1.54, 1.807) is 40.1 Å². The molecule has 2 heterocycles. The van der Waals surface area contributed by atoms with E-state index in [1.807, 2.05) is 18.2 Å². The van der Waals surface area contributed by atoms with E-state index in [0.717, 1.165) is 12.1 Å². The van der Waals surface area contributed by atoms with Gasteiger partial charge in [-0.3, -0.25) is 14.2 Å². The fourth-order valence-corrected chi connectivity index (χ4v) is 4.03. The maximum absolute atomic E-state index is 13.5. The molecule has 1 aromatic heterocycles. The standard InChI is InChI=1S/C21H19FN4O2S/c22-15-5-3-6-16(13-15)25-12-10-23-21(25)29-14-19(27)24-17-7-1-2-8-18(17)26-11-4-9-20(26)28/h1-3,5-8,10,12-13H,4,9,11,14H2,(H,24,27). The minimum absolute atomic E-state index is 0.0678. The van der Waals surface area contributed by atoms with E-state index in [-0.39, 0.29) is 23.4 Å². The lowest BCUT2D eigenvalue weighted by Crippen LogP contribution is -2.26. The third-order valence-electron chi connectivity index (χ3n) is 4.57. The summed E-state index contributed by atoms with van der Waals surface area (Å²) in [6.07, 6.45) is 4.68. The molecule has 2 aromatic carbocycles. The number of hydrogen-bond acceptors (Lipinski definition) is 4. The topological polar surface area (TPSA) is 67.2 Å². The second-order valence-corrected chi connectivity index (χ2v) is 7.51. The first kappa shape index (κ1) is 19.2. The van der Waals surface area contributed by atoms with Crippen molar-refractivity contribution in [3.63, 3.8) is 0 Å². The summed E-state index contributed by atoms with van der Waals surface area (Å²) in [4.78, 5) is 30.6. The molecule has 6 nitrogen and oxygen atoms in total. The maximum Gasteiger partial charge on any atom is 0.234 e. The first-order valence-corrected chi connectivity index (χ1v) is 10.2. The molecule has 0 unspecified atom stereocenters. The van der Waals surface area contributed by atoms with Crippen molar-refractivity contribution >= 4 is 35.0 Å². The maximum atomic E-state index is 13.5. The van der Waals surface area contributed by atoms with Crippen LogP contribution in [0.1, 0.15) is 12.8 Å². The number of anilines is 2. The second kappa shape index (κ2) is 8.48. The molecule has 8 heteroatoms. The van der Waals surface area contributed by atoms with E-state index in [9.17, 15) is 14.0 Å². The van der Waals surface area contributed by atoms with Gasteiger partial charge < -0.3 is 10.2 Å². The number of nitrogens with zero attached hydrogens (tertiary/aromatic N) is 3. The van der Waals surface area contributed by atoms with Crippen LogP contribution in [0.4, 0.5) is 15.8 Å². The first-order chi connectivity index (χ1) is 14.1. The van der Waals surface area contributed by atoms with Crippen molar-refractivity contribution < 1.29 is 14.0 Å². The van der Waals surface area contributed by atoms with Crippen molar-refractivity contribution in [2.45, 2.75) is 18.0 Å². The number of hydrogen-bond donors (Lipinski definition) is 1. The van der Waals surface area contributed by atoms with Crippen molar-refractivity contribution in [3.8, 4) is 5.69 Å². The van der Waals surface area contributed by atoms with Gasteiger partial charge in [0, 0.05) is 25.4 Å². The minimum Gasteiger partial charge on any atom is -0.324 e. The highest BCUT2D eigenvalue weighted by molar-refractivity contribution is 7.99. The van der Waals surface area contributed by atoms with Crippen LogP contribution < -0.4 is 10.2 Å². The van der Waals surface area contributed by atoms with Crippen molar-refractivity contribution in [1.29, 1.82) is 0 Å². The summed E-state index contributed by atoms with van der Waals surface area (Å²) in [6.45, 7) is 0.658. The molecule has 0 atom stereocenters. The molecule has 0 spiro atoms. The van der Waals surface area contributed by atoms with Gasteiger partial charge in [0.1, 0.15) is 5.82 Å². The number of benzene rings is 2. The van der Waals surface area contributed by atoms with Gasteiger partial charge in [0.05, 0.1) is 22.8 Å². The van der Waals surface area contributed by atoms with E-state index >= 15 is 0 Å². The predicted molar refractivity (Wildman–Crippen MR) is 111 cm³/mol. The van der Waals surface area contributed by atoms with Crippen molar-refractivity contribution in [2.75, 3.05) is 22.5 Å². The van der Waals surface area contributed by atoms with Crippen LogP contribution in [-0.4, -0.2) is 33.7 Å². The van der Waals surface area contributed by atoms with E-state index < -0.39 is 0 Å². The Kier molecular flexibility index (Phi) is 5.62. The molecule has 148 valence electrons. The first-order valence-electron chi connectivity index (χ1n) is 9.23. The van der Waals surface area contributed by atoms with Crippen molar-refractivity contribution in [2.24, 2.45) is 0 Å². The van der Waals surface area contributed by atoms with Crippen LogP contribution in [-0.2, 0) is 9.59 Å². The fourth-order valence-electron chi connectivity index (χ4n) is 3.25. The molecular formula is C21H19FN4O2S. The van der Waals surface area contributed by atoms with Gasteiger partial charge in [-0.25, -0.2) is 9.37 Å². The molecule has 4 rings (SSSR count). The summed E-state index contributed by atoms with van der Waals surface area (Å²) in [7, 11) is 0. The molecule has 0 bridgehead atoms. The number of para-hydroxylation sites is 2. The van der Waals surface area contributed by atoms with Crippen LogP contribution in [0.15, 0.2) is 66.1 Å². The Labute approximate surface area is 171 Å². The zero-order chi connectivity index (χ0) is 20.2. The molecule has 1 aliphatic heterocycles. The average Bonchev–Trinajstić information content (AvgIpc) is 3.36. The monoisotopic (exact) mass is 410 g/mol. The molecule has 2 amide bonds. The van der Waals surface area contributed by atoms with Gasteiger partial charge in [0.15, 0.2) is 5.16 Å². The van der Waals surface area contributed by atoms with E-state index in [4.69, 9.17) is 0 Å². The normalized spacial score (nSPS) is 13.7. The lowest BCUT2D eigenvalue weighted by molar-refractivity contribution is -0.117. The summed E-state index contributed by atoms with van der Waals surface area (Å²) in [5.41, 5.74) is 1.97. The Hall–Kier alpha value is -3.13. The highest BCUT2D eigenvalue weighted by atomic mass is 32.2. The quantitative estimate of drug-likeness (QED) is 0.627. The third-order valence-corrected chi connectivity index (χ3v) is 5.53. The summed E-state index contributed by atoms with van der Waals surface area (Å²) in [5, 5.41) is 3.48. The van der Waals surface area contributed by atoms with Gasteiger partial charge in [-0.1, -0.05) is 30.0 Å². The molecule has 1 fully saturated rings. The predicted octanol–water partition coefficient (Wildman–Crippen LogP) is 3.87. The molecule has 3 aromatic rings. The Morgan fingerprint density at radius 1 is 1.21 bits per heavy atom. The van der Waals surface area contributed by atoms with Crippen molar-refractivity contribution in [3.05, 3.63) is 66.7 Å². The van der Waals surface area contributed by atoms with Crippen LogP contribution in [0.5, 0.6) is 0 Å². The lowest BCUT2D eigenvalue weighted by Gasteiger charge is -2.19. The number of nitrogens with one attached hydrogen (secondary N) is 1. The van der Waals surface area contributed by atoms with Crippen LogP contribution in [0.2, 0.25) is 0 Å². The van der Waals surface area contributed by atoms with E-state index in [1.165, 1.54) is 23.9 Å². The highest BCUT2D eigenvalue weighted by Gasteiger charge is 2.24. The second-order valence-electron chi connectivity index (χ2n) is 6.56. The third kappa shape index (κ3) is 4.32. The molecule has 0 aliphatic carbocycles. The molecule has 1 saturated heterocycles. The fraction of sp³-hybridized carbons (Fsp3) is 0.190. The number of imidazole rings is 1. The van der Waals surface area contributed by atoms with Gasteiger partial charge in [0.25, 0.3) is 0 Å². The molecular weight excluding hydrogens is 391 g/mol. The minimum atomic E-state index is -0.335. The number of carbonyl (C=O) groups is 2. The molecule has 1 N–H and O–H groups in total. The van der Waals surface area contributed by atoms with Gasteiger partial charge in [-0.15, -0.1) is 0 Å². The number of rotatable bonds is 6. The van der Waals surface area contributed by atoms with Gasteiger partial charge in [-0.05, 0) is 36.8 Å². The number of aromatic nitrogens is 2. The Balaban J connectivity index is 1.44. The summed E-state index contributed by atoms with van der Waals surface area (Å²) in [5.74, 6) is -0.340. The van der Waals surface area contributed by atoms with E-state index in [2.05, 4.69) is 10.3 Å². The summed E-state index contributed by atoms with van der Waals surface area (Å²) in [6, 6.07) is 13.5.